The number of anilines is 1. The van der Waals surface area contributed by atoms with Gasteiger partial charge in [-0.3, -0.25) is 14.9 Å². The zero-order valence-corrected chi connectivity index (χ0v) is 13.4. The minimum Gasteiger partial charge on any atom is -0.333 e. The van der Waals surface area contributed by atoms with Crippen molar-refractivity contribution < 1.29 is 9.59 Å². The molecule has 2 amide bonds. The molecule has 8 heteroatoms. The van der Waals surface area contributed by atoms with Crippen LogP contribution < -0.4 is 5.32 Å². The highest BCUT2D eigenvalue weighted by Crippen LogP contribution is 2.27. The number of carbonyl (C=O) groups is 2. The van der Waals surface area contributed by atoms with Gasteiger partial charge >= 0.3 is 11.8 Å². The van der Waals surface area contributed by atoms with Gasteiger partial charge in [-0.1, -0.05) is 32.1 Å². The summed E-state index contributed by atoms with van der Waals surface area (Å²) < 4.78 is 0. The third-order valence-electron chi connectivity index (χ3n) is 2.78. The number of nitrogens with zero attached hydrogens (tertiary/aromatic N) is 3. The van der Waals surface area contributed by atoms with Crippen molar-refractivity contribution in [1.29, 1.82) is 0 Å². The monoisotopic (exact) mass is 314 g/mol. The van der Waals surface area contributed by atoms with E-state index in [2.05, 4.69) is 15.5 Å². The van der Waals surface area contributed by atoms with Crippen LogP contribution in [-0.2, 0) is 15.0 Å². The first kappa shape index (κ1) is 15.2. The number of rotatable bonds is 1. The smallest absolute Gasteiger partial charge is 0.315 e. The van der Waals surface area contributed by atoms with Crippen molar-refractivity contribution in [2.75, 3.05) is 29.9 Å². The molecule has 0 spiro atoms. The molecule has 110 valence electrons. The van der Waals surface area contributed by atoms with E-state index < -0.39 is 11.8 Å². The van der Waals surface area contributed by atoms with Crippen molar-refractivity contribution in [2.24, 2.45) is 0 Å². The molecule has 2 heterocycles. The highest BCUT2D eigenvalue weighted by Gasteiger charge is 2.25. The third-order valence-corrected chi connectivity index (χ3v) is 4.99. The Morgan fingerprint density at radius 3 is 2.40 bits per heavy atom. The Labute approximate surface area is 126 Å². The average molecular weight is 314 g/mol. The predicted octanol–water partition coefficient (Wildman–Crippen LogP) is 1.35. The maximum absolute atomic E-state index is 12.0. The molecule has 0 aromatic carbocycles. The first-order valence-corrected chi connectivity index (χ1v) is 8.37. The SMILES string of the molecule is CC(C)(C)c1nnc(NC(=O)C(=O)N2CCSCC2)s1. The van der Waals surface area contributed by atoms with Crippen LogP contribution in [0.1, 0.15) is 25.8 Å². The molecule has 0 bridgehead atoms. The Hall–Kier alpha value is -1.15. The van der Waals surface area contributed by atoms with Gasteiger partial charge in [0.2, 0.25) is 5.13 Å². The zero-order valence-electron chi connectivity index (χ0n) is 11.8. The molecule has 1 aliphatic heterocycles. The summed E-state index contributed by atoms with van der Waals surface area (Å²) in [6.45, 7) is 7.32. The summed E-state index contributed by atoms with van der Waals surface area (Å²) >= 11 is 3.10. The van der Waals surface area contributed by atoms with Crippen molar-refractivity contribution in [1.82, 2.24) is 15.1 Å². The predicted molar refractivity (Wildman–Crippen MR) is 81.1 cm³/mol. The number of thioether (sulfide) groups is 1. The van der Waals surface area contributed by atoms with Gasteiger partial charge in [-0.25, -0.2) is 0 Å². The van der Waals surface area contributed by atoms with E-state index in [0.717, 1.165) is 16.5 Å². The maximum Gasteiger partial charge on any atom is 0.315 e. The average Bonchev–Trinajstić information content (AvgIpc) is 2.87. The number of hydrogen-bond acceptors (Lipinski definition) is 6. The molecule has 0 radical (unpaired) electrons. The summed E-state index contributed by atoms with van der Waals surface area (Å²) in [4.78, 5) is 25.4. The van der Waals surface area contributed by atoms with Gasteiger partial charge in [0.05, 0.1) is 0 Å². The highest BCUT2D eigenvalue weighted by molar-refractivity contribution is 7.99. The molecule has 1 aliphatic rings. The van der Waals surface area contributed by atoms with Crippen molar-refractivity contribution in [3.05, 3.63) is 5.01 Å². The quantitative estimate of drug-likeness (QED) is 0.792. The first-order valence-electron chi connectivity index (χ1n) is 6.40. The van der Waals surface area contributed by atoms with Gasteiger partial charge in [0, 0.05) is 30.0 Å². The first-order chi connectivity index (χ1) is 9.38. The fourth-order valence-corrected chi connectivity index (χ4v) is 3.34. The number of aromatic nitrogens is 2. The summed E-state index contributed by atoms with van der Waals surface area (Å²) in [6.07, 6.45) is 0. The van der Waals surface area contributed by atoms with E-state index >= 15 is 0 Å². The summed E-state index contributed by atoms with van der Waals surface area (Å²) in [5.74, 6) is 0.643. The van der Waals surface area contributed by atoms with E-state index in [1.54, 1.807) is 16.7 Å². The molecular weight excluding hydrogens is 296 g/mol. The van der Waals surface area contributed by atoms with Crippen molar-refractivity contribution in [2.45, 2.75) is 26.2 Å². The summed E-state index contributed by atoms with van der Waals surface area (Å²) in [7, 11) is 0. The Balaban J connectivity index is 1.97. The van der Waals surface area contributed by atoms with Crippen LogP contribution in [0, 0.1) is 0 Å². The minimum absolute atomic E-state index is 0.116. The van der Waals surface area contributed by atoms with E-state index in [0.29, 0.717) is 18.2 Å². The van der Waals surface area contributed by atoms with Gasteiger partial charge in [-0.15, -0.1) is 10.2 Å². The summed E-state index contributed by atoms with van der Waals surface area (Å²) in [5.41, 5.74) is -0.116. The lowest BCUT2D eigenvalue weighted by Gasteiger charge is -2.25. The minimum atomic E-state index is -0.631. The van der Waals surface area contributed by atoms with Gasteiger partial charge < -0.3 is 4.90 Å². The second kappa shape index (κ2) is 6.09. The van der Waals surface area contributed by atoms with E-state index in [4.69, 9.17) is 0 Å². The summed E-state index contributed by atoms with van der Waals surface area (Å²) in [5, 5.41) is 11.7. The van der Waals surface area contributed by atoms with E-state index in [1.807, 2.05) is 20.8 Å². The molecule has 0 unspecified atom stereocenters. The Bertz CT molecular complexity index is 504. The van der Waals surface area contributed by atoms with Crippen LogP contribution in [0.25, 0.3) is 0 Å². The third kappa shape index (κ3) is 3.69. The number of hydrogen-bond donors (Lipinski definition) is 1. The van der Waals surface area contributed by atoms with Gasteiger partial charge in [-0.2, -0.15) is 11.8 Å². The van der Waals surface area contributed by atoms with Crippen molar-refractivity contribution in [3.8, 4) is 0 Å². The molecule has 6 nitrogen and oxygen atoms in total. The second-order valence-corrected chi connectivity index (χ2v) is 7.72. The Kier molecular flexibility index (Phi) is 4.64. The van der Waals surface area contributed by atoms with Gasteiger partial charge in [0.1, 0.15) is 5.01 Å². The topological polar surface area (TPSA) is 75.2 Å². The van der Waals surface area contributed by atoms with Crippen molar-refractivity contribution >= 4 is 40.0 Å². The maximum atomic E-state index is 12.0. The van der Waals surface area contributed by atoms with E-state index in [-0.39, 0.29) is 5.41 Å². The molecule has 20 heavy (non-hydrogen) atoms. The van der Waals surface area contributed by atoms with Gasteiger partial charge in [0.15, 0.2) is 0 Å². The van der Waals surface area contributed by atoms with E-state index in [9.17, 15) is 9.59 Å². The van der Waals surface area contributed by atoms with Crippen molar-refractivity contribution in [3.63, 3.8) is 0 Å². The molecule has 1 fully saturated rings. The molecule has 1 N–H and O–H groups in total. The Morgan fingerprint density at radius 2 is 1.85 bits per heavy atom. The van der Waals surface area contributed by atoms with Crippen LogP contribution in [0.15, 0.2) is 0 Å². The highest BCUT2D eigenvalue weighted by atomic mass is 32.2. The zero-order chi connectivity index (χ0) is 14.8. The largest absolute Gasteiger partial charge is 0.333 e. The fraction of sp³-hybridized carbons (Fsp3) is 0.667. The van der Waals surface area contributed by atoms with Crippen LogP contribution in [0.5, 0.6) is 0 Å². The molecule has 0 atom stereocenters. The molecule has 1 aromatic heterocycles. The number of nitrogens with one attached hydrogen (secondary N) is 1. The lowest BCUT2D eigenvalue weighted by atomic mass is 9.98. The molecule has 0 aliphatic carbocycles. The lowest BCUT2D eigenvalue weighted by Crippen LogP contribution is -2.44. The molecule has 1 aromatic rings. The normalized spacial score (nSPS) is 16.1. The standard InChI is InChI=1S/C12H18N4O2S2/c1-12(2,3)10-14-15-11(20-10)13-8(17)9(18)16-4-6-19-7-5-16/h4-7H2,1-3H3,(H,13,15,17). The van der Waals surface area contributed by atoms with Crippen LogP contribution >= 0.6 is 23.1 Å². The number of carbonyl (C=O) groups excluding carboxylic acids is 2. The fourth-order valence-electron chi connectivity index (χ4n) is 1.64. The number of amides is 2. The molecule has 0 saturated carbocycles. The van der Waals surface area contributed by atoms with Crippen LogP contribution in [0.3, 0.4) is 0 Å². The molecular formula is C12H18N4O2S2. The van der Waals surface area contributed by atoms with Crippen LogP contribution in [-0.4, -0.2) is 51.5 Å². The lowest BCUT2D eigenvalue weighted by molar-refractivity contribution is -0.142. The summed E-state index contributed by atoms with van der Waals surface area (Å²) in [6, 6.07) is 0. The molecule has 2 rings (SSSR count). The van der Waals surface area contributed by atoms with Crippen LogP contribution in [0.2, 0.25) is 0 Å². The second-order valence-electron chi connectivity index (χ2n) is 5.52. The van der Waals surface area contributed by atoms with Gasteiger partial charge in [0.25, 0.3) is 0 Å². The Morgan fingerprint density at radius 1 is 1.20 bits per heavy atom. The molecule has 1 saturated heterocycles. The van der Waals surface area contributed by atoms with Gasteiger partial charge in [-0.05, 0) is 0 Å². The van der Waals surface area contributed by atoms with Crippen LogP contribution in [0.4, 0.5) is 5.13 Å². The van der Waals surface area contributed by atoms with E-state index in [1.165, 1.54) is 11.3 Å².